The van der Waals surface area contributed by atoms with Crippen LogP contribution in [0.5, 0.6) is 0 Å². The predicted octanol–water partition coefficient (Wildman–Crippen LogP) is 5.41. The first-order valence-corrected chi connectivity index (χ1v) is 16.2. The lowest BCUT2D eigenvalue weighted by Gasteiger charge is -2.22. The van der Waals surface area contributed by atoms with E-state index in [0.29, 0.717) is 17.8 Å². The molecule has 0 spiro atoms. The van der Waals surface area contributed by atoms with Crippen LogP contribution < -0.4 is 20.7 Å². The van der Waals surface area contributed by atoms with Gasteiger partial charge in [0.15, 0.2) is 0 Å². The maximum atomic E-state index is 13.1. The zero-order chi connectivity index (χ0) is 31.7. The Morgan fingerprint density at radius 2 is 1.61 bits per heavy atom. The first-order valence-electron chi connectivity index (χ1n) is 14.0. The van der Waals surface area contributed by atoms with Gasteiger partial charge in [0.2, 0.25) is 10.0 Å². The monoisotopic (exact) mass is 661 g/mol. The fraction of sp³-hybridized carbons (Fsp3) is 0.333. The van der Waals surface area contributed by atoms with Crippen LogP contribution in [0.2, 0.25) is 10.0 Å². The molecule has 1 aliphatic rings. The highest BCUT2D eigenvalue weighted by Crippen LogP contribution is 2.26. The van der Waals surface area contributed by atoms with Crippen molar-refractivity contribution in [2.45, 2.75) is 49.5 Å². The maximum Gasteiger partial charge on any atom is 0.328 e. The highest BCUT2D eigenvalue weighted by molar-refractivity contribution is 7.89. The van der Waals surface area contributed by atoms with E-state index in [1.165, 1.54) is 38.1 Å². The van der Waals surface area contributed by atoms with Crippen molar-refractivity contribution < 1.29 is 27.5 Å². The van der Waals surface area contributed by atoms with Crippen LogP contribution in [0.25, 0.3) is 0 Å². The van der Waals surface area contributed by atoms with Gasteiger partial charge in [-0.1, -0.05) is 66.7 Å². The first kappa shape index (κ1) is 33.2. The van der Waals surface area contributed by atoms with Gasteiger partial charge in [0.1, 0.15) is 10.9 Å². The van der Waals surface area contributed by atoms with Crippen molar-refractivity contribution in [1.29, 1.82) is 0 Å². The molecular weight excluding hydrogens is 629 g/mol. The van der Waals surface area contributed by atoms with Gasteiger partial charge in [0, 0.05) is 31.0 Å². The third-order valence-corrected chi connectivity index (χ3v) is 9.29. The Morgan fingerprint density at radius 1 is 0.955 bits per heavy atom. The fourth-order valence-electron chi connectivity index (χ4n) is 4.93. The van der Waals surface area contributed by atoms with Gasteiger partial charge < -0.3 is 20.7 Å². The van der Waals surface area contributed by atoms with Crippen LogP contribution in [0.15, 0.2) is 65.8 Å². The molecule has 11 nitrogen and oxygen atoms in total. The van der Waals surface area contributed by atoms with Crippen molar-refractivity contribution in [3.63, 3.8) is 0 Å². The number of ether oxygens (including phenoxy) is 1. The molecule has 44 heavy (non-hydrogen) atoms. The number of pyridine rings is 1. The van der Waals surface area contributed by atoms with Gasteiger partial charge in [0.25, 0.3) is 5.91 Å². The van der Waals surface area contributed by atoms with Gasteiger partial charge in [0.05, 0.1) is 28.4 Å². The van der Waals surface area contributed by atoms with E-state index in [2.05, 4.69) is 25.7 Å². The van der Waals surface area contributed by atoms with E-state index in [1.807, 2.05) is 0 Å². The summed E-state index contributed by atoms with van der Waals surface area (Å²) in [7, 11) is -2.70. The van der Waals surface area contributed by atoms with Crippen LogP contribution in [-0.2, 0) is 26.0 Å². The standard InChI is InChI=1S/C30H33Cl2N5O6S/c1-43-29(39)25(15-19-11-13-21(14-12-19)35-28(38)27-22(31)17-33-18-23(27)32)37-30(40)36-24-9-5-6-10-26(24)44(41,42)34-16-20-7-3-2-4-8-20/h5-6,9-14,17-18,20,25,34H,2-4,7-8,15-16H2,1H3,(H,35,38)(H2,36,37,40)/t25-/m0/s1. The van der Waals surface area contributed by atoms with Crippen molar-refractivity contribution in [2.75, 3.05) is 24.3 Å². The van der Waals surface area contributed by atoms with Crippen molar-refractivity contribution >= 4 is 62.5 Å². The van der Waals surface area contributed by atoms with Gasteiger partial charge in [-0.15, -0.1) is 0 Å². The third kappa shape index (κ3) is 8.91. The van der Waals surface area contributed by atoms with Gasteiger partial charge in [-0.05, 0) is 48.6 Å². The van der Waals surface area contributed by atoms with Crippen LogP contribution in [-0.4, -0.2) is 51.0 Å². The number of carbonyl (C=O) groups is 3. The van der Waals surface area contributed by atoms with Gasteiger partial charge in [-0.3, -0.25) is 9.78 Å². The van der Waals surface area contributed by atoms with Crippen molar-refractivity contribution in [1.82, 2.24) is 15.0 Å². The van der Waals surface area contributed by atoms with Crippen LogP contribution in [0, 0.1) is 5.92 Å². The second kappa shape index (κ2) is 15.3. The smallest absolute Gasteiger partial charge is 0.328 e. The number of rotatable bonds is 11. The number of halogens is 2. The van der Waals surface area contributed by atoms with E-state index in [1.54, 1.807) is 36.4 Å². The molecule has 3 amide bonds. The summed E-state index contributed by atoms with van der Waals surface area (Å²) in [5, 5.41) is 8.02. The predicted molar refractivity (Wildman–Crippen MR) is 169 cm³/mol. The summed E-state index contributed by atoms with van der Waals surface area (Å²) < 4.78 is 33.8. The van der Waals surface area contributed by atoms with E-state index in [-0.39, 0.29) is 38.5 Å². The maximum absolute atomic E-state index is 13.1. The van der Waals surface area contributed by atoms with Gasteiger partial charge in [-0.2, -0.15) is 0 Å². The molecule has 1 heterocycles. The molecule has 0 saturated heterocycles. The average molecular weight is 663 g/mol. The number of benzene rings is 2. The van der Waals surface area contributed by atoms with E-state index < -0.39 is 34.0 Å². The van der Waals surface area contributed by atoms with Gasteiger partial charge in [-0.25, -0.2) is 22.7 Å². The number of para-hydroxylation sites is 1. The Labute approximate surface area is 266 Å². The zero-order valence-corrected chi connectivity index (χ0v) is 26.3. The topological polar surface area (TPSA) is 156 Å². The number of nitrogens with zero attached hydrogens (tertiary/aromatic N) is 1. The lowest BCUT2D eigenvalue weighted by Crippen LogP contribution is -2.45. The third-order valence-electron chi connectivity index (χ3n) is 7.23. The number of urea groups is 1. The SMILES string of the molecule is COC(=O)[C@H](Cc1ccc(NC(=O)c2c(Cl)cncc2Cl)cc1)NC(=O)Nc1ccccc1S(=O)(=O)NCC1CCCCC1. The molecule has 0 unspecified atom stereocenters. The molecule has 234 valence electrons. The number of amides is 3. The van der Waals surface area contributed by atoms with Crippen molar-refractivity contribution in [3.8, 4) is 0 Å². The first-order chi connectivity index (χ1) is 21.1. The molecule has 0 aliphatic heterocycles. The minimum atomic E-state index is -3.90. The molecule has 2 aromatic carbocycles. The molecule has 1 aliphatic carbocycles. The molecule has 14 heteroatoms. The van der Waals surface area contributed by atoms with E-state index in [4.69, 9.17) is 27.9 Å². The number of anilines is 2. The fourth-order valence-corrected chi connectivity index (χ4v) is 6.75. The quantitative estimate of drug-likeness (QED) is 0.200. The highest BCUT2D eigenvalue weighted by Gasteiger charge is 2.25. The van der Waals surface area contributed by atoms with Crippen LogP contribution in [0.4, 0.5) is 16.2 Å². The lowest BCUT2D eigenvalue weighted by atomic mass is 9.90. The summed E-state index contributed by atoms with van der Waals surface area (Å²) in [6.45, 7) is 0.334. The molecule has 0 bridgehead atoms. The summed E-state index contributed by atoms with van der Waals surface area (Å²) in [5.74, 6) is -0.937. The second-order valence-corrected chi connectivity index (χ2v) is 12.9. The largest absolute Gasteiger partial charge is 0.467 e. The van der Waals surface area contributed by atoms with Crippen molar-refractivity contribution in [3.05, 3.63) is 82.1 Å². The molecule has 0 radical (unpaired) electrons. The summed E-state index contributed by atoms with van der Waals surface area (Å²) in [4.78, 5) is 41.9. The Bertz CT molecular complexity index is 1580. The summed E-state index contributed by atoms with van der Waals surface area (Å²) in [6.07, 6.45) is 7.98. The number of hydrogen-bond donors (Lipinski definition) is 4. The summed E-state index contributed by atoms with van der Waals surface area (Å²) in [6, 6.07) is 10.7. The second-order valence-electron chi connectivity index (χ2n) is 10.4. The number of methoxy groups -OCH3 is 1. The minimum Gasteiger partial charge on any atom is -0.467 e. The number of esters is 1. The number of hydrogen-bond acceptors (Lipinski definition) is 7. The normalized spacial score (nSPS) is 14.3. The Hall–Kier alpha value is -3.71. The molecule has 1 atom stereocenters. The van der Waals surface area contributed by atoms with E-state index in [9.17, 15) is 22.8 Å². The molecule has 3 aromatic rings. The molecule has 4 N–H and O–H groups in total. The molecule has 4 rings (SSSR count). The minimum absolute atomic E-state index is 0.0548. The zero-order valence-electron chi connectivity index (χ0n) is 23.9. The lowest BCUT2D eigenvalue weighted by molar-refractivity contribution is -0.142. The highest BCUT2D eigenvalue weighted by atomic mass is 35.5. The van der Waals surface area contributed by atoms with Crippen LogP contribution in [0.1, 0.15) is 48.0 Å². The number of aromatic nitrogens is 1. The van der Waals surface area contributed by atoms with E-state index >= 15 is 0 Å². The number of sulfonamides is 1. The Kier molecular flexibility index (Phi) is 11.6. The van der Waals surface area contributed by atoms with E-state index in [0.717, 1.165) is 25.7 Å². The average Bonchev–Trinajstić information content (AvgIpc) is 3.01. The Morgan fingerprint density at radius 3 is 2.27 bits per heavy atom. The van der Waals surface area contributed by atoms with Gasteiger partial charge >= 0.3 is 12.0 Å². The summed E-state index contributed by atoms with van der Waals surface area (Å²) >= 11 is 12.1. The van der Waals surface area contributed by atoms with Crippen molar-refractivity contribution in [2.24, 2.45) is 5.92 Å². The Balaban J connectivity index is 1.39. The molecule has 1 saturated carbocycles. The van der Waals surface area contributed by atoms with Crippen LogP contribution >= 0.6 is 23.2 Å². The molecular formula is C30H33Cl2N5O6S. The number of carbonyl (C=O) groups excluding carboxylic acids is 3. The number of nitrogens with one attached hydrogen (secondary N) is 4. The molecule has 1 aromatic heterocycles. The molecule has 1 fully saturated rings. The van der Waals surface area contributed by atoms with Crippen LogP contribution in [0.3, 0.4) is 0 Å². The summed E-state index contributed by atoms with van der Waals surface area (Å²) in [5.41, 5.74) is 1.24.